The van der Waals surface area contributed by atoms with Crippen LogP contribution in [0, 0.1) is 17.8 Å². The van der Waals surface area contributed by atoms with Crippen molar-refractivity contribution in [1.82, 2.24) is 0 Å². The van der Waals surface area contributed by atoms with Gasteiger partial charge in [-0.25, -0.2) is 0 Å². The van der Waals surface area contributed by atoms with Gasteiger partial charge in [-0.05, 0) is 31.1 Å². The van der Waals surface area contributed by atoms with Crippen molar-refractivity contribution in [2.75, 3.05) is 13.7 Å². The minimum absolute atomic E-state index is 0.282. The van der Waals surface area contributed by atoms with Gasteiger partial charge >= 0.3 is 0 Å². The maximum Gasteiger partial charge on any atom is 0.136 e. The zero-order chi connectivity index (χ0) is 10.6. The summed E-state index contributed by atoms with van der Waals surface area (Å²) in [6, 6.07) is 0. The van der Waals surface area contributed by atoms with Crippen LogP contribution in [0.1, 0.15) is 39.5 Å². The highest BCUT2D eigenvalue weighted by Crippen LogP contribution is 2.32. The molecule has 2 heteroatoms. The van der Waals surface area contributed by atoms with Gasteiger partial charge < -0.3 is 4.74 Å². The summed E-state index contributed by atoms with van der Waals surface area (Å²) in [4.78, 5) is 11.8. The fourth-order valence-electron chi connectivity index (χ4n) is 2.24. The highest BCUT2D eigenvalue weighted by atomic mass is 16.5. The fourth-order valence-corrected chi connectivity index (χ4v) is 2.24. The number of ketones is 1. The zero-order valence-corrected chi connectivity index (χ0v) is 9.58. The topological polar surface area (TPSA) is 26.3 Å². The third-order valence-corrected chi connectivity index (χ3v) is 3.42. The minimum Gasteiger partial charge on any atom is -0.385 e. The summed E-state index contributed by atoms with van der Waals surface area (Å²) >= 11 is 0. The van der Waals surface area contributed by atoms with Crippen LogP contribution in [0.25, 0.3) is 0 Å². The summed E-state index contributed by atoms with van der Waals surface area (Å²) in [6.45, 7) is 5.16. The van der Waals surface area contributed by atoms with E-state index in [0.29, 0.717) is 17.6 Å². The second kappa shape index (κ2) is 5.50. The molecular weight excluding hydrogens is 176 g/mol. The quantitative estimate of drug-likeness (QED) is 0.694. The molecule has 0 unspecified atom stereocenters. The third-order valence-electron chi connectivity index (χ3n) is 3.42. The summed E-state index contributed by atoms with van der Waals surface area (Å²) in [7, 11) is 1.70. The number of methoxy groups -OCH3 is 1. The number of hydrogen-bond acceptors (Lipinski definition) is 2. The highest BCUT2D eigenvalue weighted by molar-refractivity contribution is 5.81. The molecule has 0 aromatic carbocycles. The van der Waals surface area contributed by atoms with Gasteiger partial charge in [0.05, 0.1) is 0 Å². The van der Waals surface area contributed by atoms with Crippen molar-refractivity contribution >= 4 is 5.78 Å². The van der Waals surface area contributed by atoms with Crippen molar-refractivity contribution < 1.29 is 9.53 Å². The number of rotatable bonds is 4. The monoisotopic (exact) mass is 198 g/mol. The lowest BCUT2D eigenvalue weighted by Crippen LogP contribution is -2.28. The van der Waals surface area contributed by atoms with Gasteiger partial charge in [0.25, 0.3) is 0 Å². The Morgan fingerprint density at radius 1 is 1.43 bits per heavy atom. The van der Waals surface area contributed by atoms with E-state index < -0.39 is 0 Å². The second-order valence-corrected chi connectivity index (χ2v) is 4.73. The molecular formula is C12H22O2. The lowest BCUT2D eigenvalue weighted by molar-refractivity contribution is -0.127. The number of Topliss-reactive ketones (excluding diaryl/α,β-unsaturated/α-hetero) is 1. The standard InChI is InChI=1S/C12H22O2/c1-9(2)11-5-4-10(6-7-14-3)12(13)8-11/h9-11H,4-8H2,1-3H3/t10-,11+/m0/s1. The van der Waals surface area contributed by atoms with E-state index in [1.165, 1.54) is 6.42 Å². The molecule has 0 aromatic rings. The number of carbonyl (C=O) groups is 1. The van der Waals surface area contributed by atoms with E-state index in [0.717, 1.165) is 25.9 Å². The Bertz CT molecular complexity index is 187. The SMILES string of the molecule is COCC[C@@H]1CC[C@@H](C(C)C)CC1=O. The fraction of sp³-hybridized carbons (Fsp3) is 0.917. The van der Waals surface area contributed by atoms with Crippen LogP contribution in [0.5, 0.6) is 0 Å². The predicted molar refractivity (Wildman–Crippen MR) is 57.2 cm³/mol. The maximum absolute atomic E-state index is 11.8. The summed E-state index contributed by atoms with van der Waals surface area (Å²) in [5, 5.41) is 0. The first-order chi connectivity index (χ1) is 6.65. The zero-order valence-electron chi connectivity index (χ0n) is 9.58. The van der Waals surface area contributed by atoms with Gasteiger partial charge in [0, 0.05) is 26.1 Å². The predicted octanol–water partition coefficient (Wildman–Crippen LogP) is 2.66. The average Bonchev–Trinajstić information content (AvgIpc) is 2.15. The Balaban J connectivity index is 2.36. The molecule has 0 bridgehead atoms. The van der Waals surface area contributed by atoms with Crippen molar-refractivity contribution in [1.29, 1.82) is 0 Å². The van der Waals surface area contributed by atoms with Crippen LogP contribution in [0.4, 0.5) is 0 Å². The lowest BCUT2D eigenvalue weighted by Gasteiger charge is -2.29. The van der Waals surface area contributed by atoms with Gasteiger partial charge in [0.1, 0.15) is 5.78 Å². The van der Waals surface area contributed by atoms with Crippen molar-refractivity contribution in [3.8, 4) is 0 Å². The van der Waals surface area contributed by atoms with Crippen molar-refractivity contribution in [3.05, 3.63) is 0 Å². The summed E-state index contributed by atoms with van der Waals surface area (Å²) in [5.74, 6) is 2.03. The molecule has 0 heterocycles. The molecule has 0 aliphatic heterocycles. The first-order valence-electron chi connectivity index (χ1n) is 5.66. The lowest BCUT2D eigenvalue weighted by atomic mass is 9.75. The molecule has 1 rings (SSSR count). The van der Waals surface area contributed by atoms with Crippen LogP contribution < -0.4 is 0 Å². The Morgan fingerprint density at radius 2 is 2.14 bits per heavy atom. The molecule has 0 N–H and O–H groups in total. The molecule has 2 atom stereocenters. The molecule has 82 valence electrons. The Labute approximate surface area is 87.0 Å². The van der Waals surface area contributed by atoms with Crippen LogP contribution in [-0.4, -0.2) is 19.5 Å². The molecule has 0 aromatic heterocycles. The van der Waals surface area contributed by atoms with Gasteiger partial charge in [-0.1, -0.05) is 13.8 Å². The van der Waals surface area contributed by atoms with E-state index in [2.05, 4.69) is 13.8 Å². The van der Waals surface area contributed by atoms with E-state index in [4.69, 9.17) is 4.74 Å². The van der Waals surface area contributed by atoms with E-state index in [1.807, 2.05) is 0 Å². The van der Waals surface area contributed by atoms with Crippen molar-refractivity contribution in [2.45, 2.75) is 39.5 Å². The van der Waals surface area contributed by atoms with Gasteiger partial charge in [-0.15, -0.1) is 0 Å². The Hall–Kier alpha value is -0.370. The molecule has 1 aliphatic carbocycles. The van der Waals surface area contributed by atoms with Crippen molar-refractivity contribution in [2.24, 2.45) is 17.8 Å². The van der Waals surface area contributed by atoms with Crippen LogP contribution in [0.2, 0.25) is 0 Å². The van der Waals surface area contributed by atoms with E-state index >= 15 is 0 Å². The van der Waals surface area contributed by atoms with Gasteiger partial charge in [-0.2, -0.15) is 0 Å². The van der Waals surface area contributed by atoms with Crippen LogP contribution >= 0.6 is 0 Å². The van der Waals surface area contributed by atoms with Gasteiger partial charge in [0.2, 0.25) is 0 Å². The summed E-state index contributed by atoms with van der Waals surface area (Å²) in [6.07, 6.45) is 4.01. The highest BCUT2D eigenvalue weighted by Gasteiger charge is 2.29. The second-order valence-electron chi connectivity index (χ2n) is 4.73. The van der Waals surface area contributed by atoms with E-state index in [-0.39, 0.29) is 5.92 Å². The molecule has 0 radical (unpaired) electrons. The van der Waals surface area contributed by atoms with E-state index in [9.17, 15) is 4.79 Å². The largest absolute Gasteiger partial charge is 0.385 e. The molecule has 14 heavy (non-hydrogen) atoms. The smallest absolute Gasteiger partial charge is 0.136 e. The summed E-state index contributed by atoms with van der Waals surface area (Å²) in [5.41, 5.74) is 0. The molecule has 1 saturated carbocycles. The third kappa shape index (κ3) is 3.09. The van der Waals surface area contributed by atoms with Crippen LogP contribution in [-0.2, 0) is 9.53 Å². The van der Waals surface area contributed by atoms with E-state index in [1.54, 1.807) is 7.11 Å². The summed E-state index contributed by atoms with van der Waals surface area (Å²) < 4.78 is 5.01. The number of carbonyl (C=O) groups excluding carboxylic acids is 1. The molecule has 1 aliphatic rings. The maximum atomic E-state index is 11.8. The normalized spacial score (nSPS) is 28.4. The first kappa shape index (κ1) is 11.7. The molecule has 2 nitrogen and oxygen atoms in total. The first-order valence-corrected chi connectivity index (χ1v) is 5.66. The van der Waals surface area contributed by atoms with Gasteiger partial charge in [-0.3, -0.25) is 4.79 Å². The van der Waals surface area contributed by atoms with Crippen LogP contribution in [0.3, 0.4) is 0 Å². The average molecular weight is 198 g/mol. The number of ether oxygens (including phenoxy) is 1. The Kier molecular flexibility index (Phi) is 4.59. The molecule has 1 fully saturated rings. The number of hydrogen-bond donors (Lipinski definition) is 0. The van der Waals surface area contributed by atoms with Crippen molar-refractivity contribution in [3.63, 3.8) is 0 Å². The Morgan fingerprint density at radius 3 is 2.64 bits per heavy atom. The minimum atomic E-state index is 0.282. The van der Waals surface area contributed by atoms with Crippen LogP contribution in [0.15, 0.2) is 0 Å². The molecule has 0 spiro atoms. The van der Waals surface area contributed by atoms with Gasteiger partial charge in [0.15, 0.2) is 0 Å². The molecule has 0 saturated heterocycles. The molecule has 0 amide bonds.